The van der Waals surface area contributed by atoms with Crippen molar-refractivity contribution in [3.05, 3.63) is 36.4 Å². The van der Waals surface area contributed by atoms with E-state index in [1.54, 1.807) is 24.3 Å². The Morgan fingerprint density at radius 3 is 2.64 bits per heavy atom. The minimum atomic E-state index is -0.481. The quantitative estimate of drug-likeness (QED) is 0.293. The SMILES string of the molecule is C=CCOc1ccc(/C=N/NC(=O)CC(=O)NC(C)C)cc1OCC. The molecule has 0 aliphatic rings. The molecule has 0 saturated carbocycles. The number of amides is 2. The molecular weight excluding hydrogens is 322 g/mol. The molecule has 25 heavy (non-hydrogen) atoms. The van der Waals surface area contributed by atoms with Crippen molar-refractivity contribution in [2.24, 2.45) is 5.10 Å². The first kappa shape index (κ1) is 20.2. The normalized spacial score (nSPS) is 10.6. The Labute approximate surface area is 148 Å². The van der Waals surface area contributed by atoms with Crippen molar-refractivity contribution in [1.29, 1.82) is 0 Å². The van der Waals surface area contributed by atoms with E-state index in [0.717, 1.165) is 5.56 Å². The summed E-state index contributed by atoms with van der Waals surface area (Å²) in [6, 6.07) is 5.28. The van der Waals surface area contributed by atoms with Gasteiger partial charge in [-0.05, 0) is 44.5 Å². The number of hydrogen-bond donors (Lipinski definition) is 2. The monoisotopic (exact) mass is 347 g/mol. The highest BCUT2D eigenvalue weighted by molar-refractivity contribution is 5.97. The first-order chi connectivity index (χ1) is 12.0. The van der Waals surface area contributed by atoms with Crippen molar-refractivity contribution in [3.63, 3.8) is 0 Å². The van der Waals surface area contributed by atoms with Gasteiger partial charge >= 0.3 is 0 Å². The second kappa shape index (κ2) is 10.9. The zero-order valence-corrected chi connectivity index (χ0v) is 14.9. The van der Waals surface area contributed by atoms with Gasteiger partial charge in [0.15, 0.2) is 11.5 Å². The fraction of sp³-hybridized carbons (Fsp3) is 0.389. The number of benzene rings is 1. The van der Waals surface area contributed by atoms with Crippen LogP contribution in [0.3, 0.4) is 0 Å². The molecule has 0 spiro atoms. The van der Waals surface area contributed by atoms with Crippen LogP contribution in [0.15, 0.2) is 36.0 Å². The zero-order chi connectivity index (χ0) is 18.7. The number of nitrogens with zero attached hydrogens (tertiary/aromatic N) is 1. The number of carbonyl (C=O) groups is 2. The number of nitrogens with one attached hydrogen (secondary N) is 2. The molecule has 0 aromatic heterocycles. The Balaban J connectivity index is 2.64. The summed E-state index contributed by atoms with van der Waals surface area (Å²) in [5.41, 5.74) is 3.04. The first-order valence-electron chi connectivity index (χ1n) is 8.08. The summed E-state index contributed by atoms with van der Waals surface area (Å²) in [5, 5.41) is 6.49. The predicted molar refractivity (Wildman–Crippen MR) is 96.9 cm³/mol. The molecule has 2 N–H and O–H groups in total. The van der Waals surface area contributed by atoms with Crippen LogP contribution >= 0.6 is 0 Å². The average molecular weight is 347 g/mol. The van der Waals surface area contributed by atoms with Gasteiger partial charge in [0.25, 0.3) is 0 Å². The lowest BCUT2D eigenvalue weighted by Crippen LogP contribution is -2.34. The van der Waals surface area contributed by atoms with Gasteiger partial charge in [0, 0.05) is 6.04 Å². The third kappa shape index (κ3) is 8.01. The predicted octanol–water partition coefficient (Wildman–Crippen LogP) is 2.01. The molecule has 0 heterocycles. The molecule has 0 fully saturated rings. The molecule has 1 rings (SSSR count). The molecule has 0 aliphatic heterocycles. The van der Waals surface area contributed by atoms with Crippen LogP contribution in [0.4, 0.5) is 0 Å². The summed E-state index contributed by atoms with van der Waals surface area (Å²) in [7, 11) is 0. The zero-order valence-electron chi connectivity index (χ0n) is 14.9. The number of hydrogen-bond acceptors (Lipinski definition) is 5. The van der Waals surface area contributed by atoms with Crippen LogP contribution in [-0.4, -0.2) is 37.3 Å². The largest absolute Gasteiger partial charge is 0.490 e. The van der Waals surface area contributed by atoms with Gasteiger partial charge in [-0.2, -0.15) is 5.10 Å². The Bertz CT molecular complexity index is 627. The maximum absolute atomic E-state index is 11.6. The number of rotatable bonds is 10. The minimum absolute atomic E-state index is 0.0115. The van der Waals surface area contributed by atoms with Gasteiger partial charge in [0.1, 0.15) is 13.0 Å². The van der Waals surface area contributed by atoms with E-state index >= 15 is 0 Å². The van der Waals surface area contributed by atoms with Crippen molar-refractivity contribution in [3.8, 4) is 11.5 Å². The van der Waals surface area contributed by atoms with Gasteiger partial charge < -0.3 is 14.8 Å². The molecule has 1 aromatic carbocycles. The summed E-state index contributed by atoms with van der Waals surface area (Å²) in [6.07, 6.45) is 2.85. The molecule has 0 unspecified atom stereocenters. The summed E-state index contributed by atoms with van der Waals surface area (Å²) < 4.78 is 11.0. The number of carbonyl (C=O) groups excluding carboxylic acids is 2. The lowest BCUT2D eigenvalue weighted by atomic mass is 10.2. The highest BCUT2D eigenvalue weighted by Crippen LogP contribution is 2.28. The van der Waals surface area contributed by atoms with E-state index < -0.39 is 5.91 Å². The van der Waals surface area contributed by atoms with Gasteiger partial charge in [-0.3, -0.25) is 9.59 Å². The van der Waals surface area contributed by atoms with E-state index in [2.05, 4.69) is 22.4 Å². The molecule has 0 saturated heterocycles. The van der Waals surface area contributed by atoms with Crippen molar-refractivity contribution in [2.45, 2.75) is 33.2 Å². The summed E-state index contributed by atoms with van der Waals surface area (Å²) in [6.45, 7) is 10.0. The minimum Gasteiger partial charge on any atom is -0.490 e. The van der Waals surface area contributed by atoms with E-state index in [0.29, 0.717) is 24.7 Å². The van der Waals surface area contributed by atoms with Gasteiger partial charge in [-0.15, -0.1) is 0 Å². The van der Waals surface area contributed by atoms with Gasteiger partial charge in [0.2, 0.25) is 11.8 Å². The summed E-state index contributed by atoms with van der Waals surface area (Å²) in [5.74, 6) is 0.361. The Morgan fingerprint density at radius 1 is 1.24 bits per heavy atom. The molecule has 7 heteroatoms. The first-order valence-corrected chi connectivity index (χ1v) is 8.08. The molecule has 0 radical (unpaired) electrons. The van der Waals surface area contributed by atoms with E-state index in [1.807, 2.05) is 20.8 Å². The topological polar surface area (TPSA) is 89.0 Å². The fourth-order valence-electron chi connectivity index (χ4n) is 1.88. The Hall–Kier alpha value is -2.83. The lowest BCUT2D eigenvalue weighted by molar-refractivity contribution is -0.129. The van der Waals surface area contributed by atoms with Crippen molar-refractivity contribution in [1.82, 2.24) is 10.7 Å². The molecule has 136 valence electrons. The standard InChI is InChI=1S/C18H25N3O4/c1-5-9-25-15-8-7-14(10-16(15)24-6-2)12-19-21-18(23)11-17(22)20-13(3)4/h5,7-8,10,12-13H,1,6,9,11H2,2-4H3,(H,20,22)(H,21,23)/b19-12+. The maximum atomic E-state index is 11.6. The highest BCUT2D eigenvalue weighted by atomic mass is 16.5. The highest BCUT2D eigenvalue weighted by Gasteiger charge is 2.09. The maximum Gasteiger partial charge on any atom is 0.249 e. The Kier molecular flexibility index (Phi) is 8.78. The second-order valence-corrected chi connectivity index (χ2v) is 5.43. The van der Waals surface area contributed by atoms with E-state index in [9.17, 15) is 9.59 Å². The molecule has 2 amide bonds. The van der Waals surface area contributed by atoms with E-state index in [1.165, 1.54) is 6.21 Å². The molecule has 1 aromatic rings. The van der Waals surface area contributed by atoms with Crippen LogP contribution in [-0.2, 0) is 9.59 Å². The molecule has 7 nitrogen and oxygen atoms in total. The van der Waals surface area contributed by atoms with Crippen LogP contribution in [0.1, 0.15) is 32.8 Å². The molecule has 0 bridgehead atoms. The van der Waals surface area contributed by atoms with Gasteiger partial charge in [-0.1, -0.05) is 12.7 Å². The lowest BCUT2D eigenvalue weighted by Gasteiger charge is -2.11. The van der Waals surface area contributed by atoms with Crippen LogP contribution in [0, 0.1) is 0 Å². The van der Waals surface area contributed by atoms with Gasteiger partial charge in [0.05, 0.1) is 12.8 Å². The number of hydrazone groups is 1. The van der Waals surface area contributed by atoms with E-state index in [-0.39, 0.29) is 18.4 Å². The molecular formula is C18H25N3O4. The smallest absolute Gasteiger partial charge is 0.249 e. The summed E-state index contributed by atoms with van der Waals surface area (Å²) >= 11 is 0. The average Bonchev–Trinajstić information content (AvgIpc) is 2.53. The van der Waals surface area contributed by atoms with Crippen molar-refractivity contribution in [2.75, 3.05) is 13.2 Å². The third-order valence-corrected chi connectivity index (χ3v) is 2.80. The molecule has 0 aliphatic carbocycles. The fourth-order valence-corrected chi connectivity index (χ4v) is 1.88. The third-order valence-electron chi connectivity index (χ3n) is 2.80. The van der Waals surface area contributed by atoms with Crippen molar-refractivity contribution < 1.29 is 19.1 Å². The Morgan fingerprint density at radius 2 is 2.00 bits per heavy atom. The van der Waals surface area contributed by atoms with Crippen LogP contribution in [0.2, 0.25) is 0 Å². The van der Waals surface area contributed by atoms with Crippen molar-refractivity contribution >= 4 is 18.0 Å². The van der Waals surface area contributed by atoms with Crippen LogP contribution < -0.4 is 20.2 Å². The number of ether oxygens (including phenoxy) is 2. The summed E-state index contributed by atoms with van der Waals surface area (Å²) in [4.78, 5) is 23.1. The van der Waals surface area contributed by atoms with Crippen LogP contribution in [0.25, 0.3) is 0 Å². The van der Waals surface area contributed by atoms with Crippen LogP contribution in [0.5, 0.6) is 11.5 Å². The van der Waals surface area contributed by atoms with Gasteiger partial charge in [-0.25, -0.2) is 5.43 Å². The molecule has 0 atom stereocenters. The van der Waals surface area contributed by atoms with E-state index in [4.69, 9.17) is 9.47 Å². The second-order valence-electron chi connectivity index (χ2n) is 5.43.